The van der Waals surface area contributed by atoms with Crippen LogP contribution in [0.1, 0.15) is 12.8 Å². The summed E-state index contributed by atoms with van der Waals surface area (Å²) in [4.78, 5) is 10.5. The van der Waals surface area contributed by atoms with E-state index in [1.165, 1.54) is 0 Å². The van der Waals surface area contributed by atoms with E-state index in [2.05, 4.69) is 4.74 Å². The molecule has 1 fully saturated rings. The van der Waals surface area contributed by atoms with E-state index in [-0.39, 0.29) is 23.5 Å². The number of methoxy groups -OCH3 is 1. The lowest BCUT2D eigenvalue weighted by Gasteiger charge is -2.34. The summed E-state index contributed by atoms with van der Waals surface area (Å²) in [6, 6.07) is 3.46. The Morgan fingerprint density at radius 2 is 1.68 bits per heavy atom. The lowest BCUT2D eigenvalue weighted by molar-refractivity contribution is -0.139. The van der Waals surface area contributed by atoms with Gasteiger partial charge in [-0.25, -0.2) is 22.4 Å². The van der Waals surface area contributed by atoms with Gasteiger partial charge < -0.3 is 19.3 Å². The van der Waals surface area contributed by atoms with Crippen LogP contribution in [0, 0.1) is 23.3 Å². The number of rotatable bonds is 7. The molecule has 1 saturated carbocycles. The number of carboxylic acids is 1. The maximum absolute atomic E-state index is 14.2. The molecule has 2 aromatic carbocycles. The van der Waals surface area contributed by atoms with Crippen LogP contribution < -0.4 is 9.47 Å². The molecule has 150 valence electrons. The predicted octanol–water partition coefficient (Wildman–Crippen LogP) is 3.93. The van der Waals surface area contributed by atoms with Gasteiger partial charge in [0.05, 0.1) is 6.10 Å². The Bertz CT molecular complexity index is 873. The largest absolute Gasteiger partial charge is 0.490 e. The summed E-state index contributed by atoms with van der Waals surface area (Å²) in [7, 11) is 1.56. The van der Waals surface area contributed by atoms with Crippen LogP contribution in [0.3, 0.4) is 0 Å². The van der Waals surface area contributed by atoms with Gasteiger partial charge in [0.1, 0.15) is 11.9 Å². The molecule has 0 radical (unpaired) electrons. The Labute approximate surface area is 157 Å². The lowest BCUT2D eigenvalue weighted by atomic mass is 9.92. The molecule has 28 heavy (non-hydrogen) atoms. The van der Waals surface area contributed by atoms with Gasteiger partial charge in [-0.3, -0.25) is 0 Å². The van der Waals surface area contributed by atoms with E-state index in [0.717, 1.165) is 24.3 Å². The van der Waals surface area contributed by atoms with Gasteiger partial charge in [-0.15, -0.1) is 0 Å². The van der Waals surface area contributed by atoms with Gasteiger partial charge in [-0.2, -0.15) is 0 Å². The fourth-order valence-corrected chi connectivity index (χ4v) is 2.83. The third kappa shape index (κ3) is 4.19. The van der Waals surface area contributed by atoms with Crippen LogP contribution in [-0.4, -0.2) is 37.0 Å². The minimum atomic E-state index is -1.42. The highest BCUT2D eigenvalue weighted by molar-refractivity contribution is 5.69. The average Bonchev–Trinajstić information content (AvgIpc) is 2.59. The summed E-state index contributed by atoms with van der Waals surface area (Å²) in [6.45, 7) is -0.955. The molecule has 0 bridgehead atoms. The van der Waals surface area contributed by atoms with Gasteiger partial charge in [0.15, 0.2) is 35.6 Å². The van der Waals surface area contributed by atoms with E-state index in [9.17, 15) is 22.4 Å². The molecule has 1 aliphatic rings. The van der Waals surface area contributed by atoms with Crippen LogP contribution in [0.5, 0.6) is 11.5 Å². The van der Waals surface area contributed by atoms with E-state index >= 15 is 0 Å². The number of carbonyl (C=O) groups is 1. The molecule has 0 aromatic heterocycles. The van der Waals surface area contributed by atoms with Crippen molar-refractivity contribution in [2.75, 3.05) is 13.7 Å². The molecular formula is C19H16F4O5. The smallest absolute Gasteiger partial charge is 0.341 e. The highest BCUT2D eigenvalue weighted by Gasteiger charge is 2.31. The van der Waals surface area contributed by atoms with Gasteiger partial charge in [-0.1, -0.05) is 0 Å². The number of hydrogen-bond donors (Lipinski definition) is 1. The van der Waals surface area contributed by atoms with Crippen LogP contribution in [0.25, 0.3) is 11.1 Å². The molecule has 0 heterocycles. The number of hydrogen-bond acceptors (Lipinski definition) is 4. The van der Waals surface area contributed by atoms with Crippen molar-refractivity contribution in [3.8, 4) is 22.6 Å². The van der Waals surface area contributed by atoms with Crippen molar-refractivity contribution in [3.05, 3.63) is 47.5 Å². The summed E-state index contributed by atoms with van der Waals surface area (Å²) >= 11 is 0. The third-order valence-corrected chi connectivity index (χ3v) is 4.34. The highest BCUT2D eigenvalue weighted by Crippen LogP contribution is 2.35. The Balaban J connectivity index is 1.89. The van der Waals surface area contributed by atoms with Gasteiger partial charge in [0.25, 0.3) is 0 Å². The lowest BCUT2D eigenvalue weighted by Crippen LogP contribution is -2.38. The van der Waals surface area contributed by atoms with Crippen molar-refractivity contribution >= 4 is 5.97 Å². The molecular weight excluding hydrogens is 384 g/mol. The van der Waals surface area contributed by atoms with Gasteiger partial charge in [0.2, 0.25) is 0 Å². The zero-order chi connectivity index (χ0) is 20.4. The molecule has 0 unspecified atom stereocenters. The summed E-state index contributed by atoms with van der Waals surface area (Å²) in [6.07, 6.45) is 0.979. The first-order chi connectivity index (χ1) is 13.3. The maximum Gasteiger partial charge on any atom is 0.341 e. The van der Waals surface area contributed by atoms with Crippen molar-refractivity contribution in [3.63, 3.8) is 0 Å². The number of halogens is 4. The minimum absolute atomic E-state index is 0.0143. The van der Waals surface area contributed by atoms with Crippen LogP contribution in [0.4, 0.5) is 17.6 Å². The SMILES string of the molecule is COC1CC(Oc2cc(F)c(F)c(-c3cc(F)c(OCC(=O)O)c(F)c3)c2)C1. The number of benzene rings is 2. The fraction of sp³-hybridized carbons (Fsp3) is 0.316. The fourth-order valence-electron chi connectivity index (χ4n) is 2.83. The summed E-state index contributed by atoms with van der Waals surface area (Å²) in [5.41, 5.74) is -0.692. The second kappa shape index (κ2) is 8.05. The van der Waals surface area contributed by atoms with Crippen molar-refractivity contribution in [1.82, 2.24) is 0 Å². The molecule has 2 aromatic rings. The first kappa shape index (κ1) is 19.9. The molecule has 3 rings (SSSR count). The molecule has 9 heteroatoms. The number of aliphatic carboxylic acids is 1. The van der Waals surface area contributed by atoms with E-state index < -0.39 is 47.2 Å². The summed E-state index contributed by atoms with van der Waals surface area (Å²) in [5, 5.41) is 8.53. The standard InChI is InChI=1S/C19H16F4O5/c1-26-10-4-11(5-10)28-12-6-13(18(23)14(20)7-12)9-2-15(21)19(16(22)3-9)27-8-17(24)25/h2-3,6-7,10-11H,4-5,8H2,1H3,(H,24,25). The van der Waals surface area contributed by atoms with Crippen LogP contribution >= 0.6 is 0 Å². The van der Waals surface area contributed by atoms with Crippen molar-refractivity contribution in [2.24, 2.45) is 0 Å². The molecule has 0 saturated heterocycles. The van der Waals surface area contributed by atoms with E-state index in [1.54, 1.807) is 7.11 Å². The topological polar surface area (TPSA) is 65.0 Å². The quantitative estimate of drug-likeness (QED) is 0.714. The second-order valence-corrected chi connectivity index (χ2v) is 6.29. The Morgan fingerprint density at radius 1 is 1.04 bits per heavy atom. The second-order valence-electron chi connectivity index (χ2n) is 6.29. The Kier molecular flexibility index (Phi) is 5.73. The van der Waals surface area contributed by atoms with Crippen LogP contribution in [0.15, 0.2) is 24.3 Å². The molecule has 1 N–H and O–H groups in total. The predicted molar refractivity (Wildman–Crippen MR) is 89.3 cm³/mol. The van der Waals surface area contributed by atoms with E-state index in [0.29, 0.717) is 12.8 Å². The first-order valence-corrected chi connectivity index (χ1v) is 8.31. The van der Waals surface area contributed by atoms with Gasteiger partial charge in [-0.05, 0) is 23.8 Å². The van der Waals surface area contributed by atoms with Crippen molar-refractivity contribution < 1.29 is 41.7 Å². The maximum atomic E-state index is 14.2. The molecule has 1 aliphatic carbocycles. The van der Waals surface area contributed by atoms with E-state index in [1.807, 2.05) is 0 Å². The van der Waals surface area contributed by atoms with E-state index in [4.69, 9.17) is 14.6 Å². The summed E-state index contributed by atoms with van der Waals surface area (Å²) in [5.74, 6) is -7.35. The number of ether oxygens (including phenoxy) is 3. The molecule has 0 amide bonds. The highest BCUT2D eigenvalue weighted by atomic mass is 19.2. The van der Waals surface area contributed by atoms with Crippen molar-refractivity contribution in [2.45, 2.75) is 25.0 Å². The molecule has 0 spiro atoms. The molecule has 5 nitrogen and oxygen atoms in total. The zero-order valence-corrected chi connectivity index (χ0v) is 14.7. The van der Waals surface area contributed by atoms with Crippen LogP contribution in [0.2, 0.25) is 0 Å². The first-order valence-electron chi connectivity index (χ1n) is 8.31. The summed E-state index contributed by atoms with van der Waals surface area (Å²) < 4.78 is 71.7. The minimum Gasteiger partial charge on any atom is -0.490 e. The average molecular weight is 400 g/mol. The normalized spacial score (nSPS) is 18.5. The number of carboxylic acid groups (broad SMARTS) is 1. The Hall–Kier alpha value is -2.81. The van der Waals surface area contributed by atoms with Crippen molar-refractivity contribution in [1.29, 1.82) is 0 Å². The monoisotopic (exact) mass is 400 g/mol. The third-order valence-electron chi connectivity index (χ3n) is 4.34. The molecule has 0 atom stereocenters. The van der Waals surface area contributed by atoms with Gasteiger partial charge >= 0.3 is 5.97 Å². The Morgan fingerprint density at radius 3 is 2.25 bits per heavy atom. The zero-order valence-electron chi connectivity index (χ0n) is 14.7. The van der Waals surface area contributed by atoms with Crippen LogP contribution in [-0.2, 0) is 9.53 Å². The van der Waals surface area contributed by atoms with Gasteiger partial charge in [0, 0.05) is 31.6 Å². The molecule has 0 aliphatic heterocycles.